The highest BCUT2D eigenvalue weighted by molar-refractivity contribution is 5.73. The van der Waals surface area contributed by atoms with Crippen LogP contribution in [0.5, 0.6) is 23.0 Å². The third kappa shape index (κ3) is 6.54. The van der Waals surface area contributed by atoms with Crippen LogP contribution in [0.3, 0.4) is 0 Å². The van der Waals surface area contributed by atoms with E-state index in [-0.39, 0.29) is 23.0 Å². The number of aromatic hydroxyl groups is 2. The first-order chi connectivity index (χ1) is 13.2. The molecule has 0 radical (unpaired) electrons. The zero-order valence-electron chi connectivity index (χ0n) is 18.3. The van der Waals surface area contributed by atoms with E-state index >= 15 is 0 Å². The van der Waals surface area contributed by atoms with Gasteiger partial charge in [0, 0.05) is 11.1 Å². The standard InChI is InChI=1S/C24H34O4/c1-16(2)10-8-11-17(3)12-9-13-18(4)14-15-20-19(5)21(25)23(27-6)24(28-7)22(20)26/h10,12,15,25-26H,8-9,11,13H2,1-7H3. The Bertz CT molecular complexity index is 803. The van der Waals surface area contributed by atoms with E-state index < -0.39 is 0 Å². The monoisotopic (exact) mass is 386 g/mol. The molecular weight excluding hydrogens is 352 g/mol. The van der Waals surface area contributed by atoms with Crippen LogP contribution >= 0.6 is 0 Å². The molecule has 0 aromatic heterocycles. The van der Waals surface area contributed by atoms with E-state index in [9.17, 15) is 10.2 Å². The normalized spacial score (nSPS) is 10.9. The predicted octanol–water partition coefficient (Wildman–Crippen LogP) is 6.45. The van der Waals surface area contributed by atoms with Gasteiger partial charge in [-0.1, -0.05) is 23.3 Å². The molecule has 1 rings (SSSR count). The third-order valence-corrected chi connectivity index (χ3v) is 4.63. The van der Waals surface area contributed by atoms with Crippen LogP contribution in [0.4, 0.5) is 0 Å². The molecule has 0 heterocycles. The van der Waals surface area contributed by atoms with Crippen LogP contribution in [0, 0.1) is 6.92 Å². The number of hydrogen-bond acceptors (Lipinski definition) is 4. The molecule has 0 aliphatic rings. The van der Waals surface area contributed by atoms with Gasteiger partial charge in [0.15, 0.2) is 11.5 Å². The topological polar surface area (TPSA) is 58.9 Å². The molecule has 4 heteroatoms. The molecule has 1 aromatic carbocycles. The van der Waals surface area contributed by atoms with Gasteiger partial charge in [0.25, 0.3) is 0 Å². The molecule has 0 fully saturated rings. The van der Waals surface area contributed by atoms with Crippen LogP contribution in [0.1, 0.15) is 64.5 Å². The van der Waals surface area contributed by atoms with E-state index in [1.165, 1.54) is 25.4 Å². The Balaban J connectivity index is 2.93. The Kier molecular flexibility index (Phi) is 9.47. The summed E-state index contributed by atoms with van der Waals surface area (Å²) in [7, 11) is 2.85. The summed E-state index contributed by atoms with van der Waals surface area (Å²) in [6.07, 6.45) is 10.2. The van der Waals surface area contributed by atoms with E-state index in [4.69, 9.17) is 9.47 Å². The molecule has 4 nitrogen and oxygen atoms in total. The van der Waals surface area contributed by atoms with Gasteiger partial charge in [-0.05, 0) is 72.0 Å². The van der Waals surface area contributed by atoms with Crippen molar-refractivity contribution >= 4 is 6.08 Å². The molecule has 0 saturated heterocycles. The number of allylic oxidation sites excluding steroid dienone is 5. The zero-order chi connectivity index (χ0) is 21.3. The maximum Gasteiger partial charge on any atom is 0.207 e. The van der Waals surface area contributed by atoms with E-state index in [0.717, 1.165) is 31.3 Å². The van der Waals surface area contributed by atoms with Gasteiger partial charge < -0.3 is 19.7 Å². The van der Waals surface area contributed by atoms with E-state index in [0.29, 0.717) is 11.1 Å². The first kappa shape index (κ1) is 23.5. The first-order valence-electron chi connectivity index (χ1n) is 9.60. The van der Waals surface area contributed by atoms with Gasteiger partial charge in [0.05, 0.1) is 14.2 Å². The summed E-state index contributed by atoms with van der Waals surface area (Å²) in [5.41, 5.74) is 8.03. The molecule has 0 aliphatic carbocycles. The van der Waals surface area contributed by atoms with Crippen LogP contribution in [-0.4, -0.2) is 24.4 Å². The van der Waals surface area contributed by atoms with Crippen LogP contribution in [0.25, 0.3) is 6.08 Å². The fourth-order valence-electron chi connectivity index (χ4n) is 2.86. The minimum Gasteiger partial charge on any atom is -0.504 e. The number of methoxy groups -OCH3 is 2. The highest BCUT2D eigenvalue weighted by Gasteiger charge is 2.21. The average molecular weight is 387 g/mol. The van der Waals surface area contributed by atoms with Gasteiger partial charge in [0.2, 0.25) is 11.5 Å². The Morgan fingerprint density at radius 3 is 2.04 bits per heavy atom. The molecular formula is C24H34O4. The van der Waals surface area contributed by atoms with Crippen molar-refractivity contribution in [2.45, 2.75) is 60.3 Å². The second-order valence-electron chi connectivity index (χ2n) is 7.28. The number of phenols is 2. The molecule has 1 aromatic rings. The second kappa shape index (κ2) is 11.3. The molecule has 0 spiro atoms. The largest absolute Gasteiger partial charge is 0.504 e. The van der Waals surface area contributed by atoms with Crippen molar-refractivity contribution in [3.8, 4) is 23.0 Å². The van der Waals surface area contributed by atoms with Gasteiger partial charge in [-0.25, -0.2) is 0 Å². The van der Waals surface area contributed by atoms with Gasteiger partial charge in [-0.2, -0.15) is 0 Å². The lowest BCUT2D eigenvalue weighted by Crippen LogP contribution is -1.95. The summed E-state index contributed by atoms with van der Waals surface area (Å²) >= 11 is 0. The summed E-state index contributed by atoms with van der Waals surface area (Å²) < 4.78 is 10.3. The van der Waals surface area contributed by atoms with Crippen LogP contribution in [0.15, 0.2) is 34.6 Å². The van der Waals surface area contributed by atoms with Crippen molar-refractivity contribution in [2.75, 3.05) is 14.2 Å². The third-order valence-electron chi connectivity index (χ3n) is 4.63. The molecule has 0 bridgehead atoms. The van der Waals surface area contributed by atoms with Gasteiger partial charge in [-0.15, -0.1) is 5.73 Å². The van der Waals surface area contributed by atoms with E-state index in [2.05, 4.69) is 38.7 Å². The second-order valence-corrected chi connectivity index (χ2v) is 7.28. The minimum atomic E-state index is -0.0648. The van der Waals surface area contributed by atoms with Crippen molar-refractivity contribution in [3.63, 3.8) is 0 Å². The van der Waals surface area contributed by atoms with Crippen molar-refractivity contribution in [1.29, 1.82) is 0 Å². The molecule has 0 atom stereocenters. The highest BCUT2D eigenvalue weighted by atomic mass is 16.5. The lowest BCUT2D eigenvalue weighted by atomic mass is 10.0. The van der Waals surface area contributed by atoms with Gasteiger partial charge >= 0.3 is 0 Å². The number of benzene rings is 1. The summed E-state index contributed by atoms with van der Waals surface area (Å²) in [4.78, 5) is 0. The maximum absolute atomic E-state index is 10.5. The molecule has 0 unspecified atom stereocenters. The van der Waals surface area contributed by atoms with Crippen molar-refractivity contribution in [2.24, 2.45) is 0 Å². The Morgan fingerprint density at radius 2 is 1.46 bits per heavy atom. The SMILES string of the molecule is COc1c(O)c(C)c(C=C=C(C)CCC=C(C)CCC=C(C)C)c(O)c1OC. The predicted molar refractivity (Wildman–Crippen MR) is 116 cm³/mol. The quantitative estimate of drug-likeness (QED) is 0.291. The smallest absolute Gasteiger partial charge is 0.207 e. The maximum atomic E-state index is 10.5. The number of rotatable bonds is 9. The van der Waals surface area contributed by atoms with E-state index in [1.807, 2.05) is 6.92 Å². The number of phenolic OH excluding ortho intramolecular Hbond substituents is 2. The Morgan fingerprint density at radius 1 is 0.893 bits per heavy atom. The van der Waals surface area contributed by atoms with Crippen LogP contribution in [0.2, 0.25) is 0 Å². The Hall–Kier alpha value is -2.58. The lowest BCUT2D eigenvalue weighted by molar-refractivity contribution is 0.315. The molecule has 0 aliphatic heterocycles. The molecule has 0 saturated carbocycles. The molecule has 0 amide bonds. The average Bonchev–Trinajstić information content (AvgIpc) is 2.64. The fourth-order valence-corrected chi connectivity index (χ4v) is 2.86. The zero-order valence-corrected chi connectivity index (χ0v) is 18.3. The minimum absolute atomic E-state index is 0.0437. The number of hydrogen-bond donors (Lipinski definition) is 2. The van der Waals surface area contributed by atoms with Gasteiger partial charge in [-0.3, -0.25) is 0 Å². The first-order valence-corrected chi connectivity index (χ1v) is 9.60. The van der Waals surface area contributed by atoms with Crippen molar-refractivity contribution in [1.82, 2.24) is 0 Å². The summed E-state index contributed by atoms with van der Waals surface area (Å²) in [6, 6.07) is 0. The van der Waals surface area contributed by atoms with Crippen LogP contribution in [-0.2, 0) is 0 Å². The summed E-state index contributed by atoms with van der Waals surface area (Å²) in [5.74, 6) is 0.137. The highest BCUT2D eigenvalue weighted by Crippen LogP contribution is 2.48. The molecule has 154 valence electrons. The van der Waals surface area contributed by atoms with Crippen molar-refractivity contribution < 1.29 is 19.7 Å². The number of ether oxygens (including phenoxy) is 2. The van der Waals surface area contributed by atoms with Crippen molar-refractivity contribution in [3.05, 3.63) is 45.7 Å². The van der Waals surface area contributed by atoms with Crippen LogP contribution < -0.4 is 9.47 Å². The van der Waals surface area contributed by atoms with E-state index in [1.54, 1.807) is 13.0 Å². The molecule has 2 N–H and O–H groups in total. The van der Waals surface area contributed by atoms with Gasteiger partial charge in [0.1, 0.15) is 0 Å². The lowest BCUT2D eigenvalue weighted by Gasteiger charge is -2.15. The summed E-state index contributed by atoms with van der Waals surface area (Å²) in [5, 5.41) is 20.8. The Labute approximate surface area is 169 Å². The fraction of sp³-hybridized carbons (Fsp3) is 0.458. The molecule has 28 heavy (non-hydrogen) atoms. The summed E-state index contributed by atoms with van der Waals surface area (Å²) in [6.45, 7) is 10.1.